The Morgan fingerprint density at radius 2 is 2.30 bits per heavy atom. The van der Waals surface area contributed by atoms with Crippen LogP contribution in [-0.4, -0.2) is 6.26 Å². The topological polar surface area (TPSA) is 0 Å². The average molecular weight is 151 g/mol. The van der Waals surface area contributed by atoms with Gasteiger partial charge in [0.05, 0.1) is 0 Å². The summed E-state index contributed by atoms with van der Waals surface area (Å²) in [6.07, 6.45) is 3.17. The Balaban J connectivity index is 2.80. The maximum absolute atomic E-state index is 3.20. The molecule has 0 unspecified atom stereocenters. The molecule has 53 valence electrons. The van der Waals surface area contributed by atoms with Crippen molar-refractivity contribution in [2.45, 2.75) is 18.2 Å². The van der Waals surface area contributed by atoms with E-state index < -0.39 is 0 Å². The Bertz CT molecular complexity index is 165. The highest BCUT2D eigenvalue weighted by atomic mass is 32.2. The summed E-state index contributed by atoms with van der Waals surface area (Å²) in [5.74, 6) is 0. The van der Waals surface area contributed by atoms with Gasteiger partial charge in [-0.1, -0.05) is 19.1 Å². The maximum atomic E-state index is 3.20. The van der Waals surface area contributed by atoms with Crippen molar-refractivity contribution in [3.05, 3.63) is 29.8 Å². The van der Waals surface area contributed by atoms with E-state index in [1.165, 1.54) is 10.5 Å². The first-order valence-corrected chi connectivity index (χ1v) is 4.64. The molecule has 0 atom stereocenters. The van der Waals surface area contributed by atoms with Crippen LogP contribution >= 0.6 is 11.8 Å². The molecule has 0 aliphatic heterocycles. The molecule has 0 fully saturated rings. The van der Waals surface area contributed by atoms with Crippen molar-refractivity contribution < 1.29 is 0 Å². The molecular weight excluding hydrogens is 140 g/mol. The minimum absolute atomic E-state index is 1.10. The fraction of sp³-hybridized carbons (Fsp3) is 0.333. The van der Waals surface area contributed by atoms with Gasteiger partial charge in [-0.3, -0.25) is 0 Å². The van der Waals surface area contributed by atoms with Crippen LogP contribution in [0.25, 0.3) is 0 Å². The molecule has 1 radical (unpaired) electrons. The van der Waals surface area contributed by atoms with Crippen molar-refractivity contribution in [1.29, 1.82) is 0 Å². The Labute approximate surface area is 66.6 Å². The Morgan fingerprint density at radius 3 is 2.70 bits per heavy atom. The number of hydrogen-bond acceptors (Lipinski definition) is 1. The molecule has 0 aliphatic rings. The van der Waals surface area contributed by atoms with Crippen LogP contribution in [0.3, 0.4) is 0 Å². The second kappa shape index (κ2) is 3.67. The lowest BCUT2D eigenvalue weighted by Crippen LogP contribution is -1.78. The first-order chi connectivity index (χ1) is 4.86. The van der Waals surface area contributed by atoms with Crippen molar-refractivity contribution >= 4 is 11.8 Å². The minimum Gasteiger partial charge on any atom is -0.129 e. The molecule has 1 rings (SSSR count). The molecule has 0 heterocycles. The lowest BCUT2D eigenvalue weighted by molar-refractivity contribution is 1.13. The average Bonchev–Trinajstić information content (AvgIpc) is 2.05. The third-order valence-electron chi connectivity index (χ3n) is 1.48. The van der Waals surface area contributed by atoms with Crippen LogP contribution in [0.2, 0.25) is 0 Å². The fourth-order valence-electron chi connectivity index (χ4n) is 0.790. The third-order valence-corrected chi connectivity index (χ3v) is 2.17. The predicted octanol–water partition coefficient (Wildman–Crippen LogP) is 2.77. The minimum atomic E-state index is 1.10. The van der Waals surface area contributed by atoms with Gasteiger partial charge in [0.15, 0.2) is 0 Å². The van der Waals surface area contributed by atoms with Gasteiger partial charge in [-0.05, 0) is 30.4 Å². The molecule has 0 aromatic heterocycles. The number of rotatable bonds is 2. The molecule has 0 spiro atoms. The van der Waals surface area contributed by atoms with E-state index >= 15 is 0 Å². The van der Waals surface area contributed by atoms with E-state index in [4.69, 9.17) is 0 Å². The van der Waals surface area contributed by atoms with Crippen molar-refractivity contribution in [2.75, 3.05) is 6.26 Å². The normalized spacial score (nSPS) is 9.80. The van der Waals surface area contributed by atoms with Gasteiger partial charge >= 0.3 is 0 Å². The fourth-order valence-corrected chi connectivity index (χ4v) is 1.17. The van der Waals surface area contributed by atoms with Crippen molar-refractivity contribution in [1.82, 2.24) is 0 Å². The summed E-state index contributed by atoms with van der Waals surface area (Å²) in [7, 11) is 0. The number of thioether (sulfide) groups is 1. The first kappa shape index (κ1) is 7.67. The van der Waals surface area contributed by atoms with Gasteiger partial charge in [-0.2, -0.15) is 0 Å². The van der Waals surface area contributed by atoms with Gasteiger partial charge in [0.25, 0.3) is 0 Å². The van der Waals surface area contributed by atoms with Crippen LogP contribution in [0.5, 0.6) is 0 Å². The molecule has 1 aromatic rings. The summed E-state index contributed by atoms with van der Waals surface area (Å²) in [5, 5.41) is 0. The summed E-state index contributed by atoms with van der Waals surface area (Å²) in [6.45, 7) is 2.15. The standard InChI is InChI=1S/C9H11S/c1-3-8-4-6-9(10-2)7-5-8/h4-6H,3H2,1-2H3. The second-order valence-corrected chi connectivity index (χ2v) is 2.97. The highest BCUT2D eigenvalue weighted by Gasteiger charge is 1.89. The summed E-state index contributed by atoms with van der Waals surface area (Å²) >= 11 is 1.73. The molecule has 10 heavy (non-hydrogen) atoms. The van der Waals surface area contributed by atoms with Crippen LogP contribution in [-0.2, 0) is 6.42 Å². The maximum Gasteiger partial charge on any atom is 0.0148 e. The SMILES string of the molecule is CCc1c[c]c(SC)cc1. The quantitative estimate of drug-likeness (QED) is 0.586. The van der Waals surface area contributed by atoms with E-state index in [1.807, 2.05) is 0 Å². The van der Waals surface area contributed by atoms with Crippen LogP contribution in [0.15, 0.2) is 23.1 Å². The van der Waals surface area contributed by atoms with E-state index in [0.29, 0.717) is 0 Å². The van der Waals surface area contributed by atoms with Crippen molar-refractivity contribution in [3.63, 3.8) is 0 Å². The summed E-state index contributed by atoms with van der Waals surface area (Å²) in [5.41, 5.74) is 1.36. The second-order valence-electron chi connectivity index (χ2n) is 2.12. The molecule has 0 saturated carbocycles. The number of benzene rings is 1. The predicted molar refractivity (Wildman–Crippen MR) is 46.4 cm³/mol. The van der Waals surface area contributed by atoms with E-state index in [2.05, 4.69) is 37.4 Å². The van der Waals surface area contributed by atoms with Crippen molar-refractivity contribution in [2.24, 2.45) is 0 Å². The molecule has 0 nitrogen and oxygen atoms in total. The van der Waals surface area contributed by atoms with Crippen molar-refractivity contribution in [3.8, 4) is 0 Å². The molecule has 1 aromatic carbocycles. The van der Waals surface area contributed by atoms with E-state index in [9.17, 15) is 0 Å². The summed E-state index contributed by atoms with van der Waals surface area (Å²) in [4.78, 5) is 1.22. The molecular formula is C9H11S. The number of aryl methyl sites for hydroxylation is 1. The Kier molecular flexibility index (Phi) is 2.82. The van der Waals surface area contributed by atoms with Crippen LogP contribution < -0.4 is 0 Å². The lowest BCUT2D eigenvalue weighted by Gasteiger charge is -1.96. The molecule has 0 N–H and O–H groups in total. The summed E-state index contributed by atoms with van der Waals surface area (Å²) in [6, 6.07) is 9.53. The van der Waals surface area contributed by atoms with Gasteiger partial charge in [-0.15, -0.1) is 11.8 Å². The van der Waals surface area contributed by atoms with E-state index in [0.717, 1.165) is 6.42 Å². The number of hydrogen-bond donors (Lipinski definition) is 0. The molecule has 0 bridgehead atoms. The highest BCUT2D eigenvalue weighted by Crippen LogP contribution is 2.13. The van der Waals surface area contributed by atoms with Gasteiger partial charge in [0.2, 0.25) is 0 Å². The monoisotopic (exact) mass is 151 g/mol. The largest absolute Gasteiger partial charge is 0.129 e. The van der Waals surface area contributed by atoms with Gasteiger partial charge in [-0.25, -0.2) is 0 Å². The lowest BCUT2D eigenvalue weighted by atomic mass is 10.2. The summed E-state index contributed by atoms with van der Waals surface area (Å²) < 4.78 is 0. The van der Waals surface area contributed by atoms with Crippen LogP contribution in [0.4, 0.5) is 0 Å². The zero-order valence-corrected chi connectivity index (χ0v) is 7.16. The smallest absolute Gasteiger partial charge is 0.0148 e. The molecule has 0 saturated heterocycles. The molecule has 0 aliphatic carbocycles. The van der Waals surface area contributed by atoms with Gasteiger partial charge in [0, 0.05) is 4.90 Å². The zero-order valence-electron chi connectivity index (χ0n) is 6.35. The highest BCUT2D eigenvalue weighted by molar-refractivity contribution is 7.98. The van der Waals surface area contributed by atoms with Crippen LogP contribution in [0.1, 0.15) is 12.5 Å². The van der Waals surface area contributed by atoms with E-state index in [1.54, 1.807) is 11.8 Å². The van der Waals surface area contributed by atoms with Crippen LogP contribution in [0, 0.1) is 6.07 Å². The first-order valence-electron chi connectivity index (χ1n) is 3.41. The van der Waals surface area contributed by atoms with Gasteiger partial charge in [0.1, 0.15) is 0 Å². The molecule has 1 heteroatoms. The Morgan fingerprint density at radius 1 is 1.50 bits per heavy atom. The zero-order chi connectivity index (χ0) is 7.40. The molecule has 0 amide bonds. The van der Waals surface area contributed by atoms with E-state index in [-0.39, 0.29) is 0 Å². The third kappa shape index (κ3) is 1.77. The Hall–Kier alpha value is -0.430. The van der Waals surface area contributed by atoms with Gasteiger partial charge < -0.3 is 0 Å².